The second-order valence-electron chi connectivity index (χ2n) is 6.52. The van der Waals surface area contributed by atoms with Crippen molar-refractivity contribution >= 4 is 17.9 Å². The number of carboxylic acids is 1. The second kappa shape index (κ2) is 8.66. The van der Waals surface area contributed by atoms with Crippen LogP contribution in [0.15, 0.2) is 24.3 Å². The van der Waals surface area contributed by atoms with Crippen molar-refractivity contribution in [3.05, 3.63) is 57.7 Å². The van der Waals surface area contributed by atoms with E-state index in [1.807, 2.05) is 19.9 Å². The number of carbonyl (C=O) groups is 3. The molecule has 0 saturated carbocycles. The lowest BCUT2D eigenvalue weighted by Crippen LogP contribution is -2.15. The summed E-state index contributed by atoms with van der Waals surface area (Å²) < 4.78 is 9.73. The van der Waals surface area contributed by atoms with Crippen LogP contribution in [0.2, 0.25) is 0 Å². The molecule has 6 heteroatoms. The zero-order valence-corrected chi connectivity index (χ0v) is 15.9. The minimum absolute atomic E-state index is 0.00645. The molecule has 1 aliphatic rings. The molecule has 6 nitrogen and oxygen atoms in total. The van der Waals surface area contributed by atoms with Gasteiger partial charge in [-0.2, -0.15) is 0 Å². The summed E-state index contributed by atoms with van der Waals surface area (Å²) in [4.78, 5) is 35.4. The van der Waals surface area contributed by atoms with E-state index < -0.39 is 11.9 Å². The molecule has 1 aromatic carbocycles. The van der Waals surface area contributed by atoms with Crippen LogP contribution in [0.25, 0.3) is 0 Å². The molecule has 1 N–H and O–H groups in total. The number of fused-ring (bicyclic) bond motifs is 1. The number of methoxy groups -OCH3 is 1. The Hall–Kier alpha value is -2.89. The molecule has 0 bridgehead atoms. The Morgan fingerprint density at radius 3 is 2.56 bits per heavy atom. The topological polar surface area (TPSA) is 89.9 Å². The minimum Gasteiger partial charge on any atom is -0.478 e. The highest BCUT2D eigenvalue weighted by atomic mass is 16.5. The first-order valence-electron chi connectivity index (χ1n) is 8.72. The number of carbonyl (C=O) groups excluding carboxylic acids is 2. The van der Waals surface area contributed by atoms with Gasteiger partial charge in [-0.1, -0.05) is 17.7 Å². The predicted octanol–water partition coefficient (Wildman–Crippen LogP) is 3.53. The smallest absolute Gasteiger partial charge is 0.339 e. The molecule has 0 atom stereocenters. The SMILES string of the molecule is C=CCc1c(C)c2c(c(C(=O)O)c1C/C=C(\C)CCC(=O)OC)C(=O)OC2. The van der Waals surface area contributed by atoms with E-state index in [0.717, 1.165) is 16.7 Å². The summed E-state index contributed by atoms with van der Waals surface area (Å²) in [6.07, 6.45) is 5.24. The zero-order valence-electron chi connectivity index (χ0n) is 15.9. The normalized spacial score (nSPS) is 13.1. The Labute approximate surface area is 158 Å². The average Bonchev–Trinajstić information content (AvgIpc) is 3.01. The number of cyclic esters (lactones) is 1. The molecule has 0 amide bonds. The third-order valence-electron chi connectivity index (χ3n) is 4.84. The van der Waals surface area contributed by atoms with Crippen LogP contribution in [0.4, 0.5) is 0 Å². The molecule has 2 rings (SSSR count). The van der Waals surface area contributed by atoms with E-state index >= 15 is 0 Å². The Kier molecular flexibility index (Phi) is 6.55. The van der Waals surface area contributed by atoms with E-state index in [1.54, 1.807) is 6.08 Å². The van der Waals surface area contributed by atoms with Crippen molar-refractivity contribution in [1.82, 2.24) is 0 Å². The molecule has 0 fully saturated rings. The van der Waals surface area contributed by atoms with Gasteiger partial charge in [0.2, 0.25) is 0 Å². The van der Waals surface area contributed by atoms with Gasteiger partial charge in [0, 0.05) is 12.0 Å². The summed E-state index contributed by atoms with van der Waals surface area (Å²) in [5.41, 5.74) is 4.07. The summed E-state index contributed by atoms with van der Waals surface area (Å²) in [5, 5.41) is 9.79. The summed E-state index contributed by atoms with van der Waals surface area (Å²) in [6, 6.07) is 0. The number of rotatable bonds is 8. The molecule has 0 radical (unpaired) electrons. The molecule has 1 aliphatic heterocycles. The van der Waals surface area contributed by atoms with Gasteiger partial charge in [-0.3, -0.25) is 4.79 Å². The lowest BCUT2D eigenvalue weighted by molar-refractivity contribution is -0.140. The third kappa shape index (κ3) is 4.27. The fourth-order valence-electron chi connectivity index (χ4n) is 3.33. The molecule has 0 aromatic heterocycles. The fourth-order valence-corrected chi connectivity index (χ4v) is 3.33. The minimum atomic E-state index is -1.15. The van der Waals surface area contributed by atoms with Crippen LogP contribution in [0.3, 0.4) is 0 Å². The van der Waals surface area contributed by atoms with Crippen LogP contribution in [0.1, 0.15) is 62.7 Å². The maximum Gasteiger partial charge on any atom is 0.339 e. The number of ether oxygens (including phenoxy) is 2. The number of aromatic carboxylic acids is 1. The molecule has 27 heavy (non-hydrogen) atoms. The maximum absolute atomic E-state index is 12.1. The Balaban J connectivity index is 2.50. The zero-order chi connectivity index (χ0) is 20.1. The highest BCUT2D eigenvalue weighted by Gasteiger charge is 2.33. The van der Waals surface area contributed by atoms with Crippen LogP contribution in [0.5, 0.6) is 0 Å². The quantitative estimate of drug-likeness (QED) is 0.554. The first-order valence-corrected chi connectivity index (χ1v) is 8.72. The fraction of sp³-hybridized carbons (Fsp3) is 0.381. The van der Waals surface area contributed by atoms with E-state index in [1.165, 1.54) is 7.11 Å². The molecule has 0 saturated heterocycles. The highest BCUT2D eigenvalue weighted by Crippen LogP contribution is 2.34. The van der Waals surface area contributed by atoms with Crippen LogP contribution in [-0.2, 0) is 33.7 Å². The van der Waals surface area contributed by atoms with E-state index in [9.17, 15) is 19.5 Å². The van der Waals surface area contributed by atoms with Gasteiger partial charge in [-0.05, 0) is 49.8 Å². The van der Waals surface area contributed by atoms with Crippen molar-refractivity contribution in [3.8, 4) is 0 Å². The van der Waals surface area contributed by atoms with Crippen molar-refractivity contribution in [2.75, 3.05) is 7.11 Å². The monoisotopic (exact) mass is 372 g/mol. The maximum atomic E-state index is 12.1. The summed E-state index contributed by atoms with van der Waals surface area (Å²) in [6.45, 7) is 7.62. The van der Waals surface area contributed by atoms with Gasteiger partial charge < -0.3 is 14.6 Å². The van der Waals surface area contributed by atoms with Gasteiger partial charge in [-0.25, -0.2) is 9.59 Å². The van der Waals surface area contributed by atoms with Gasteiger partial charge >= 0.3 is 17.9 Å². The van der Waals surface area contributed by atoms with Gasteiger partial charge in [-0.15, -0.1) is 6.58 Å². The van der Waals surface area contributed by atoms with Crippen molar-refractivity contribution < 1.29 is 29.0 Å². The molecule has 1 aromatic rings. The number of allylic oxidation sites excluding steroid dienone is 3. The largest absolute Gasteiger partial charge is 0.478 e. The summed E-state index contributed by atoms with van der Waals surface area (Å²) in [5.74, 6) is -2.04. The van der Waals surface area contributed by atoms with Gasteiger partial charge in [0.15, 0.2) is 0 Å². The number of hydrogen-bond acceptors (Lipinski definition) is 5. The van der Waals surface area contributed by atoms with Crippen LogP contribution in [-0.4, -0.2) is 30.1 Å². The number of hydrogen-bond donors (Lipinski definition) is 1. The Bertz CT molecular complexity index is 832. The molecule has 0 spiro atoms. The van der Waals surface area contributed by atoms with Gasteiger partial charge in [0.25, 0.3) is 0 Å². The highest BCUT2D eigenvalue weighted by molar-refractivity contribution is 6.06. The van der Waals surface area contributed by atoms with Gasteiger partial charge in [0.05, 0.1) is 18.2 Å². The standard InChI is InChI=1S/C21H24O6/c1-5-6-14-13(3)16-11-27-21(25)19(16)18(20(23)24)15(14)9-7-12(2)8-10-17(22)26-4/h5,7H,1,6,8-11H2,2-4H3,(H,23,24)/b12-7+. The number of benzene rings is 1. The van der Waals surface area contributed by atoms with Crippen molar-refractivity contribution in [2.24, 2.45) is 0 Å². The molecule has 144 valence electrons. The van der Waals surface area contributed by atoms with Crippen LogP contribution >= 0.6 is 0 Å². The Morgan fingerprint density at radius 2 is 1.96 bits per heavy atom. The summed E-state index contributed by atoms with van der Waals surface area (Å²) >= 11 is 0. The van der Waals surface area contributed by atoms with Crippen molar-refractivity contribution in [1.29, 1.82) is 0 Å². The summed E-state index contributed by atoms with van der Waals surface area (Å²) in [7, 11) is 1.34. The third-order valence-corrected chi connectivity index (χ3v) is 4.84. The number of esters is 2. The predicted molar refractivity (Wildman–Crippen MR) is 99.9 cm³/mol. The lowest BCUT2D eigenvalue weighted by Gasteiger charge is -2.17. The van der Waals surface area contributed by atoms with Crippen molar-refractivity contribution in [2.45, 2.75) is 46.1 Å². The van der Waals surface area contributed by atoms with Gasteiger partial charge in [0.1, 0.15) is 6.61 Å². The average molecular weight is 372 g/mol. The molecule has 0 aliphatic carbocycles. The number of carboxylic acid groups (broad SMARTS) is 1. The van der Waals surface area contributed by atoms with E-state index in [4.69, 9.17) is 4.74 Å². The Morgan fingerprint density at radius 1 is 1.26 bits per heavy atom. The molecule has 1 heterocycles. The van der Waals surface area contributed by atoms with E-state index in [2.05, 4.69) is 11.3 Å². The molecule has 0 unspecified atom stereocenters. The van der Waals surface area contributed by atoms with E-state index in [-0.39, 0.29) is 30.1 Å². The second-order valence-corrected chi connectivity index (χ2v) is 6.52. The molecular weight excluding hydrogens is 348 g/mol. The first kappa shape index (κ1) is 20.4. The van der Waals surface area contributed by atoms with Crippen LogP contribution in [0, 0.1) is 6.92 Å². The first-order chi connectivity index (χ1) is 12.8. The van der Waals surface area contributed by atoms with E-state index in [0.29, 0.717) is 30.4 Å². The van der Waals surface area contributed by atoms with Crippen molar-refractivity contribution in [3.63, 3.8) is 0 Å². The lowest BCUT2D eigenvalue weighted by atomic mass is 9.85. The molecular formula is C21H24O6. The van der Waals surface area contributed by atoms with Crippen LogP contribution < -0.4 is 0 Å².